The minimum Gasteiger partial charge on any atom is -0.480 e. The molecule has 2 aromatic rings. The van der Waals surface area contributed by atoms with Crippen molar-refractivity contribution >= 4 is 22.8 Å². The number of nitrogens with zero attached hydrogens (tertiary/aromatic N) is 1. The first-order valence-corrected chi connectivity index (χ1v) is 6.65. The zero-order valence-corrected chi connectivity index (χ0v) is 11.8. The highest BCUT2D eigenvalue weighted by Gasteiger charge is 2.23. The number of carbonyl (C=O) groups is 2. The largest absolute Gasteiger partial charge is 0.480 e. The molecule has 0 aliphatic carbocycles. The van der Waals surface area contributed by atoms with Crippen LogP contribution in [0.2, 0.25) is 0 Å². The Morgan fingerprint density at radius 2 is 2.05 bits per heavy atom. The van der Waals surface area contributed by atoms with Crippen molar-refractivity contribution in [3.63, 3.8) is 0 Å². The van der Waals surface area contributed by atoms with Crippen molar-refractivity contribution in [1.82, 2.24) is 9.88 Å². The maximum Gasteiger partial charge on any atom is 0.326 e. The number of nitrogens with one attached hydrogen (secondary N) is 1. The number of amides is 1. The van der Waals surface area contributed by atoms with Crippen LogP contribution in [-0.4, -0.2) is 27.6 Å². The van der Waals surface area contributed by atoms with Gasteiger partial charge >= 0.3 is 5.97 Å². The molecule has 112 valence electrons. The van der Waals surface area contributed by atoms with Crippen LogP contribution in [0.5, 0.6) is 0 Å². The Kier molecular flexibility index (Phi) is 4.26. The Balaban J connectivity index is 2.14. The number of hydrogen-bond acceptors (Lipinski definition) is 2. The Morgan fingerprint density at radius 3 is 2.67 bits per heavy atom. The van der Waals surface area contributed by atoms with Gasteiger partial charge in [-0.2, -0.15) is 0 Å². The zero-order valence-electron chi connectivity index (χ0n) is 11.8. The van der Waals surface area contributed by atoms with E-state index >= 15 is 0 Å². The molecule has 5 nitrogen and oxygen atoms in total. The van der Waals surface area contributed by atoms with E-state index < -0.39 is 17.9 Å². The standard InChI is InChI=1S/C15H17FN2O3/c1-9(2)14(15(20)21)17-13(19)8-18-6-5-10-3-4-11(16)7-12(10)18/h3-7,9,14H,8H2,1-2H3,(H,17,19)(H,20,21)/t14-/m1/s1. The Hall–Kier alpha value is -2.37. The molecule has 0 aliphatic rings. The molecule has 1 aromatic heterocycles. The molecule has 0 bridgehead atoms. The fraction of sp³-hybridized carbons (Fsp3) is 0.333. The van der Waals surface area contributed by atoms with Crippen LogP contribution in [0.4, 0.5) is 4.39 Å². The number of hydrogen-bond donors (Lipinski definition) is 2. The van der Waals surface area contributed by atoms with Crippen LogP contribution >= 0.6 is 0 Å². The average Bonchev–Trinajstić information content (AvgIpc) is 2.78. The van der Waals surface area contributed by atoms with Crippen molar-refractivity contribution < 1.29 is 19.1 Å². The molecule has 6 heteroatoms. The first kappa shape index (κ1) is 15.0. The minimum atomic E-state index is -1.07. The second-order valence-corrected chi connectivity index (χ2v) is 5.27. The third-order valence-corrected chi connectivity index (χ3v) is 3.30. The fourth-order valence-corrected chi connectivity index (χ4v) is 2.18. The van der Waals surface area contributed by atoms with Crippen molar-refractivity contribution in [2.45, 2.75) is 26.4 Å². The summed E-state index contributed by atoms with van der Waals surface area (Å²) in [4.78, 5) is 23.0. The first-order valence-electron chi connectivity index (χ1n) is 6.65. The summed E-state index contributed by atoms with van der Waals surface area (Å²) in [5.74, 6) is -2.08. The molecule has 1 amide bonds. The quantitative estimate of drug-likeness (QED) is 0.885. The molecule has 0 saturated heterocycles. The fourth-order valence-electron chi connectivity index (χ4n) is 2.18. The SMILES string of the molecule is CC(C)[C@@H](NC(=O)Cn1ccc2ccc(F)cc21)C(=O)O. The van der Waals surface area contributed by atoms with Crippen LogP contribution in [0, 0.1) is 11.7 Å². The zero-order chi connectivity index (χ0) is 15.6. The molecule has 0 radical (unpaired) electrons. The van der Waals surface area contributed by atoms with E-state index in [4.69, 9.17) is 5.11 Å². The summed E-state index contributed by atoms with van der Waals surface area (Å²) < 4.78 is 14.9. The van der Waals surface area contributed by atoms with Crippen molar-refractivity contribution in [3.8, 4) is 0 Å². The summed E-state index contributed by atoms with van der Waals surface area (Å²) in [7, 11) is 0. The molecule has 0 spiro atoms. The summed E-state index contributed by atoms with van der Waals surface area (Å²) >= 11 is 0. The van der Waals surface area contributed by atoms with Gasteiger partial charge in [-0.3, -0.25) is 4.79 Å². The van der Waals surface area contributed by atoms with Crippen LogP contribution in [0.15, 0.2) is 30.5 Å². The summed E-state index contributed by atoms with van der Waals surface area (Å²) in [5, 5.41) is 12.4. The van der Waals surface area contributed by atoms with Gasteiger partial charge in [0.15, 0.2) is 0 Å². The number of carboxylic acid groups (broad SMARTS) is 1. The molecule has 0 unspecified atom stereocenters. The van der Waals surface area contributed by atoms with Gasteiger partial charge in [0.25, 0.3) is 0 Å². The lowest BCUT2D eigenvalue weighted by atomic mass is 10.1. The van der Waals surface area contributed by atoms with E-state index in [-0.39, 0.29) is 18.3 Å². The molecule has 2 rings (SSSR count). The van der Waals surface area contributed by atoms with Gasteiger partial charge in [0.05, 0.1) is 5.52 Å². The normalized spacial score (nSPS) is 12.6. The maximum atomic E-state index is 13.3. The molecule has 1 heterocycles. The highest BCUT2D eigenvalue weighted by molar-refractivity contribution is 5.86. The van der Waals surface area contributed by atoms with Gasteiger partial charge in [-0.1, -0.05) is 13.8 Å². The molecule has 0 saturated carbocycles. The van der Waals surface area contributed by atoms with Gasteiger partial charge in [0.2, 0.25) is 5.91 Å². The average molecular weight is 292 g/mol. The van der Waals surface area contributed by atoms with Gasteiger partial charge in [-0.05, 0) is 35.6 Å². The second kappa shape index (κ2) is 5.95. The lowest BCUT2D eigenvalue weighted by molar-refractivity contribution is -0.143. The Morgan fingerprint density at radius 1 is 1.33 bits per heavy atom. The van der Waals surface area contributed by atoms with Gasteiger partial charge < -0.3 is 15.0 Å². The van der Waals surface area contributed by atoms with Gasteiger partial charge in [-0.25, -0.2) is 9.18 Å². The van der Waals surface area contributed by atoms with Crippen molar-refractivity contribution in [2.24, 2.45) is 5.92 Å². The lowest BCUT2D eigenvalue weighted by Gasteiger charge is -2.18. The molecule has 1 aromatic carbocycles. The highest BCUT2D eigenvalue weighted by atomic mass is 19.1. The third kappa shape index (κ3) is 3.39. The van der Waals surface area contributed by atoms with Crippen molar-refractivity contribution in [2.75, 3.05) is 0 Å². The Labute approximate surface area is 121 Å². The number of aliphatic carboxylic acids is 1. The van der Waals surface area contributed by atoms with E-state index in [0.717, 1.165) is 5.39 Å². The molecular weight excluding hydrogens is 275 g/mol. The highest BCUT2D eigenvalue weighted by Crippen LogP contribution is 2.17. The van der Waals surface area contributed by atoms with E-state index in [1.165, 1.54) is 12.1 Å². The molecular formula is C15H17FN2O3. The number of aromatic nitrogens is 1. The maximum absolute atomic E-state index is 13.3. The summed E-state index contributed by atoms with van der Waals surface area (Å²) in [6.07, 6.45) is 1.68. The van der Waals surface area contributed by atoms with E-state index in [9.17, 15) is 14.0 Å². The molecule has 1 atom stereocenters. The number of fused-ring (bicyclic) bond motifs is 1. The van der Waals surface area contributed by atoms with E-state index in [2.05, 4.69) is 5.32 Å². The van der Waals surface area contributed by atoms with Crippen LogP contribution in [0.3, 0.4) is 0 Å². The number of halogens is 1. The molecule has 21 heavy (non-hydrogen) atoms. The van der Waals surface area contributed by atoms with Gasteiger partial charge in [0, 0.05) is 6.20 Å². The van der Waals surface area contributed by atoms with Crippen molar-refractivity contribution in [1.29, 1.82) is 0 Å². The molecule has 0 aliphatic heterocycles. The summed E-state index contributed by atoms with van der Waals surface area (Å²) in [6.45, 7) is 3.39. The lowest BCUT2D eigenvalue weighted by Crippen LogP contribution is -2.45. The van der Waals surface area contributed by atoms with Gasteiger partial charge in [-0.15, -0.1) is 0 Å². The predicted molar refractivity (Wildman–Crippen MR) is 76.3 cm³/mol. The number of rotatable bonds is 5. The van der Waals surface area contributed by atoms with E-state index in [0.29, 0.717) is 5.52 Å². The van der Waals surface area contributed by atoms with Crippen LogP contribution in [-0.2, 0) is 16.1 Å². The topological polar surface area (TPSA) is 71.3 Å². The minimum absolute atomic E-state index is 0.0521. The monoisotopic (exact) mass is 292 g/mol. The summed E-state index contributed by atoms with van der Waals surface area (Å²) in [5.41, 5.74) is 0.599. The van der Waals surface area contributed by atoms with Crippen LogP contribution in [0.25, 0.3) is 10.9 Å². The van der Waals surface area contributed by atoms with Gasteiger partial charge in [0.1, 0.15) is 18.4 Å². The van der Waals surface area contributed by atoms with Crippen LogP contribution < -0.4 is 5.32 Å². The predicted octanol–water partition coefficient (Wildman–Crippen LogP) is 2.01. The first-order chi connectivity index (χ1) is 9.88. The van der Waals surface area contributed by atoms with Crippen molar-refractivity contribution in [3.05, 3.63) is 36.3 Å². The molecule has 2 N–H and O–H groups in total. The van der Waals surface area contributed by atoms with E-state index in [1.54, 1.807) is 36.7 Å². The summed E-state index contributed by atoms with van der Waals surface area (Å²) in [6, 6.07) is 5.18. The third-order valence-electron chi connectivity index (χ3n) is 3.30. The number of carboxylic acids is 1. The van der Waals surface area contributed by atoms with E-state index in [1.807, 2.05) is 0 Å². The second-order valence-electron chi connectivity index (χ2n) is 5.27. The number of carbonyl (C=O) groups excluding carboxylic acids is 1. The smallest absolute Gasteiger partial charge is 0.326 e. The Bertz CT molecular complexity index is 679. The van der Waals surface area contributed by atoms with Crippen LogP contribution in [0.1, 0.15) is 13.8 Å². The molecule has 0 fully saturated rings. The number of benzene rings is 1.